The minimum Gasteiger partial charge on any atom is -0.406 e. The van der Waals surface area contributed by atoms with Gasteiger partial charge in [-0.1, -0.05) is 13.0 Å². The maximum Gasteiger partial charge on any atom is 0.573 e. The van der Waals surface area contributed by atoms with E-state index in [0.29, 0.717) is 17.5 Å². The summed E-state index contributed by atoms with van der Waals surface area (Å²) >= 11 is 0. The molecule has 1 N–H and O–H groups in total. The van der Waals surface area contributed by atoms with Crippen molar-refractivity contribution in [3.05, 3.63) is 29.3 Å². The fourth-order valence-electron chi connectivity index (χ4n) is 1.22. The van der Waals surface area contributed by atoms with Crippen LogP contribution in [0.3, 0.4) is 0 Å². The standard InChI is InChI=1S/C10H11F3O2/c1-2-7-3-8(6-14)5-9(4-7)15-10(11,12)13/h3-5,14H,2,6H2,1H3. The lowest BCUT2D eigenvalue weighted by Crippen LogP contribution is -2.17. The summed E-state index contributed by atoms with van der Waals surface area (Å²) in [6.45, 7) is 1.51. The Morgan fingerprint density at radius 2 is 1.80 bits per heavy atom. The highest BCUT2D eigenvalue weighted by molar-refractivity contribution is 5.34. The normalized spacial score (nSPS) is 11.5. The summed E-state index contributed by atoms with van der Waals surface area (Å²) in [4.78, 5) is 0. The number of halogens is 3. The van der Waals surface area contributed by atoms with Gasteiger partial charge in [-0.05, 0) is 29.7 Å². The van der Waals surface area contributed by atoms with Crippen LogP contribution in [0.2, 0.25) is 0 Å². The van der Waals surface area contributed by atoms with E-state index in [-0.39, 0.29) is 12.4 Å². The van der Waals surface area contributed by atoms with Crippen LogP contribution < -0.4 is 4.74 Å². The molecular weight excluding hydrogens is 209 g/mol. The zero-order valence-corrected chi connectivity index (χ0v) is 8.14. The molecule has 0 aromatic heterocycles. The van der Waals surface area contributed by atoms with Crippen molar-refractivity contribution in [1.29, 1.82) is 0 Å². The second-order valence-electron chi connectivity index (χ2n) is 3.04. The molecule has 1 rings (SSSR count). The Kier molecular flexibility index (Phi) is 3.57. The first-order chi connectivity index (χ1) is 6.94. The van der Waals surface area contributed by atoms with Crippen molar-refractivity contribution in [1.82, 2.24) is 0 Å². The molecule has 0 atom stereocenters. The van der Waals surface area contributed by atoms with Gasteiger partial charge in [0.25, 0.3) is 0 Å². The van der Waals surface area contributed by atoms with E-state index in [4.69, 9.17) is 5.11 Å². The highest BCUT2D eigenvalue weighted by atomic mass is 19.4. The summed E-state index contributed by atoms with van der Waals surface area (Å²) in [5, 5.41) is 8.84. The summed E-state index contributed by atoms with van der Waals surface area (Å²) in [5.41, 5.74) is 1.11. The van der Waals surface area contributed by atoms with Crippen molar-refractivity contribution in [3.63, 3.8) is 0 Å². The lowest BCUT2D eigenvalue weighted by Gasteiger charge is -2.11. The van der Waals surface area contributed by atoms with Crippen molar-refractivity contribution in [2.24, 2.45) is 0 Å². The Labute approximate surface area is 85.3 Å². The van der Waals surface area contributed by atoms with Gasteiger partial charge in [0.05, 0.1) is 6.61 Å². The van der Waals surface area contributed by atoms with Gasteiger partial charge in [0.1, 0.15) is 5.75 Å². The maximum absolute atomic E-state index is 11.9. The molecule has 0 saturated carbocycles. The average molecular weight is 220 g/mol. The molecular formula is C10H11F3O2. The summed E-state index contributed by atoms with van der Waals surface area (Å²) in [6.07, 6.45) is -4.11. The van der Waals surface area contributed by atoms with Gasteiger partial charge in [-0.2, -0.15) is 0 Å². The van der Waals surface area contributed by atoms with Gasteiger partial charge in [-0.15, -0.1) is 13.2 Å². The Hall–Kier alpha value is -1.23. The van der Waals surface area contributed by atoms with Gasteiger partial charge in [-0.3, -0.25) is 0 Å². The molecule has 2 nitrogen and oxygen atoms in total. The third-order valence-corrected chi connectivity index (χ3v) is 1.85. The Morgan fingerprint density at radius 3 is 2.27 bits per heavy atom. The number of aryl methyl sites for hydroxylation is 1. The number of rotatable bonds is 3. The van der Waals surface area contributed by atoms with Crippen LogP contribution >= 0.6 is 0 Å². The molecule has 0 aliphatic carbocycles. The van der Waals surface area contributed by atoms with Crippen LogP contribution in [0.15, 0.2) is 18.2 Å². The number of benzene rings is 1. The van der Waals surface area contributed by atoms with Crippen molar-refractivity contribution in [2.75, 3.05) is 0 Å². The summed E-state index contributed by atoms with van der Waals surface area (Å²) in [5.74, 6) is -0.286. The van der Waals surface area contributed by atoms with Gasteiger partial charge >= 0.3 is 6.36 Å². The maximum atomic E-state index is 11.9. The second-order valence-corrected chi connectivity index (χ2v) is 3.04. The molecule has 15 heavy (non-hydrogen) atoms. The molecule has 0 unspecified atom stereocenters. The minimum atomic E-state index is -4.70. The quantitative estimate of drug-likeness (QED) is 0.848. The van der Waals surface area contributed by atoms with Gasteiger partial charge < -0.3 is 9.84 Å². The second kappa shape index (κ2) is 4.53. The first-order valence-electron chi connectivity index (χ1n) is 4.44. The van der Waals surface area contributed by atoms with Crippen LogP contribution in [-0.2, 0) is 13.0 Å². The summed E-state index contributed by atoms with van der Waals surface area (Å²) in [6, 6.07) is 4.13. The van der Waals surface area contributed by atoms with Crippen LogP contribution in [-0.4, -0.2) is 11.5 Å². The van der Waals surface area contributed by atoms with E-state index in [1.165, 1.54) is 12.1 Å². The number of aliphatic hydroxyl groups is 1. The van der Waals surface area contributed by atoms with Gasteiger partial charge in [0.2, 0.25) is 0 Å². The van der Waals surface area contributed by atoms with E-state index in [0.717, 1.165) is 0 Å². The van der Waals surface area contributed by atoms with Crippen molar-refractivity contribution in [3.8, 4) is 5.75 Å². The van der Waals surface area contributed by atoms with Crippen LogP contribution in [0.4, 0.5) is 13.2 Å². The zero-order chi connectivity index (χ0) is 11.5. The van der Waals surface area contributed by atoms with Crippen molar-refractivity contribution < 1.29 is 23.0 Å². The molecule has 0 spiro atoms. The van der Waals surface area contributed by atoms with E-state index in [1.807, 2.05) is 6.92 Å². The van der Waals surface area contributed by atoms with Crippen molar-refractivity contribution >= 4 is 0 Å². The van der Waals surface area contributed by atoms with E-state index in [1.54, 1.807) is 6.07 Å². The monoisotopic (exact) mass is 220 g/mol. The number of aliphatic hydroxyl groups excluding tert-OH is 1. The molecule has 0 amide bonds. The van der Waals surface area contributed by atoms with Crippen LogP contribution in [0.5, 0.6) is 5.75 Å². The molecule has 1 aromatic rings. The van der Waals surface area contributed by atoms with Crippen LogP contribution in [0.1, 0.15) is 18.1 Å². The minimum absolute atomic E-state index is 0.286. The Balaban J connectivity index is 2.97. The summed E-state index contributed by atoms with van der Waals surface area (Å²) < 4.78 is 39.6. The molecule has 84 valence electrons. The largest absolute Gasteiger partial charge is 0.573 e. The number of hydrogen-bond donors (Lipinski definition) is 1. The third kappa shape index (κ3) is 3.79. The highest BCUT2D eigenvalue weighted by Gasteiger charge is 2.31. The van der Waals surface area contributed by atoms with Gasteiger partial charge in [0.15, 0.2) is 0 Å². The molecule has 0 saturated heterocycles. The van der Waals surface area contributed by atoms with E-state index in [9.17, 15) is 13.2 Å². The van der Waals surface area contributed by atoms with E-state index in [2.05, 4.69) is 4.74 Å². The molecule has 0 radical (unpaired) electrons. The lowest BCUT2D eigenvalue weighted by atomic mass is 10.1. The van der Waals surface area contributed by atoms with Gasteiger partial charge in [0, 0.05) is 0 Å². The molecule has 0 aliphatic heterocycles. The van der Waals surface area contributed by atoms with Gasteiger partial charge in [-0.25, -0.2) is 0 Å². The molecule has 0 heterocycles. The molecule has 0 fully saturated rings. The fraction of sp³-hybridized carbons (Fsp3) is 0.400. The predicted octanol–water partition coefficient (Wildman–Crippen LogP) is 2.64. The predicted molar refractivity (Wildman–Crippen MR) is 48.4 cm³/mol. The number of alkyl halides is 3. The Morgan fingerprint density at radius 1 is 1.20 bits per heavy atom. The average Bonchev–Trinajstić information content (AvgIpc) is 2.14. The molecule has 1 aromatic carbocycles. The topological polar surface area (TPSA) is 29.5 Å². The highest BCUT2D eigenvalue weighted by Crippen LogP contribution is 2.25. The molecule has 0 bridgehead atoms. The molecule has 5 heteroatoms. The van der Waals surface area contributed by atoms with E-state index < -0.39 is 6.36 Å². The summed E-state index contributed by atoms with van der Waals surface area (Å²) in [7, 11) is 0. The van der Waals surface area contributed by atoms with Crippen LogP contribution in [0.25, 0.3) is 0 Å². The van der Waals surface area contributed by atoms with Crippen molar-refractivity contribution in [2.45, 2.75) is 26.3 Å². The fourth-order valence-corrected chi connectivity index (χ4v) is 1.22. The zero-order valence-electron chi connectivity index (χ0n) is 8.14. The lowest BCUT2D eigenvalue weighted by molar-refractivity contribution is -0.274. The smallest absolute Gasteiger partial charge is 0.406 e. The van der Waals surface area contributed by atoms with Crippen LogP contribution in [0, 0.1) is 0 Å². The number of ether oxygens (including phenoxy) is 1. The first kappa shape index (κ1) is 11.8. The number of hydrogen-bond acceptors (Lipinski definition) is 2. The first-order valence-corrected chi connectivity index (χ1v) is 4.44. The molecule has 0 aliphatic rings. The SMILES string of the molecule is CCc1cc(CO)cc(OC(F)(F)F)c1. The van der Waals surface area contributed by atoms with E-state index >= 15 is 0 Å². The Bertz CT molecular complexity index is 312. The third-order valence-electron chi connectivity index (χ3n) is 1.85.